The molecule has 5 rings (SSSR count). The second-order valence-electron chi connectivity index (χ2n) is 7.20. The first kappa shape index (κ1) is 16.2. The summed E-state index contributed by atoms with van der Waals surface area (Å²) in [5.41, 5.74) is 3.85. The number of amides is 1. The number of para-hydroxylation sites is 1. The van der Waals surface area contributed by atoms with Crippen LogP contribution in [0.4, 0.5) is 5.82 Å². The normalized spacial score (nSPS) is 16.6. The van der Waals surface area contributed by atoms with E-state index in [-0.39, 0.29) is 5.91 Å². The van der Waals surface area contributed by atoms with Gasteiger partial charge < -0.3 is 9.80 Å². The van der Waals surface area contributed by atoms with Gasteiger partial charge in [-0.05, 0) is 43.0 Å². The molecule has 1 aliphatic carbocycles. The van der Waals surface area contributed by atoms with E-state index in [1.54, 1.807) is 0 Å². The highest BCUT2D eigenvalue weighted by Gasteiger charge is 2.25. The third-order valence-electron chi connectivity index (χ3n) is 5.52. The Balaban J connectivity index is 1.28. The van der Waals surface area contributed by atoms with Gasteiger partial charge in [-0.25, -0.2) is 4.98 Å². The summed E-state index contributed by atoms with van der Waals surface area (Å²) in [5, 5.41) is 9.83. The molecule has 0 bridgehead atoms. The molecule has 0 N–H and O–H groups in total. The minimum atomic E-state index is 0.000408. The van der Waals surface area contributed by atoms with E-state index in [4.69, 9.17) is 0 Å². The minimum absolute atomic E-state index is 0.000408. The van der Waals surface area contributed by atoms with Gasteiger partial charge in [-0.1, -0.05) is 24.3 Å². The number of rotatable bonds is 2. The first-order chi connectivity index (χ1) is 13.3. The third-order valence-corrected chi connectivity index (χ3v) is 5.52. The van der Waals surface area contributed by atoms with Crippen LogP contribution >= 0.6 is 0 Å². The average Bonchev–Trinajstić information content (AvgIpc) is 3.21. The number of carbonyl (C=O) groups excluding carboxylic acids is 1. The van der Waals surface area contributed by atoms with Crippen LogP contribution in [0.3, 0.4) is 0 Å². The number of piperazine rings is 1. The van der Waals surface area contributed by atoms with Crippen molar-refractivity contribution < 1.29 is 4.79 Å². The van der Waals surface area contributed by atoms with Gasteiger partial charge in [-0.2, -0.15) is 5.10 Å². The molecule has 3 heterocycles. The molecule has 1 saturated heterocycles. The fourth-order valence-electron chi connectivity index (χ4n) is 3.96. The van der Waals surface area contributed by atoms with Gasteiger partial charge >= 0.3 is 0 Å². The molecule has 1 aliphatic heterocycles. The lowest BCUT2D eigenvalue weighted by molar-refractivity contribution is 0.0741. The molecule has 1 aromatic carbocycles. The van der Waals surface area contributed by atoms with Crippen LogP contribution in [-0.4, -0.2) is 52.2 Å². The number of hydrogen-bond acceptors (Lipinski definition) is 5. The van der Waals surface area contributed by atoms with Gasteiger partial charge in [0.15, 0.2) is 5.82 Å². The summed E-state index contributed by atoms with van der Waals surface area (Å²) in [6.07, 6.45) is 3.32. The number of pyridine rings is 1. The molecule has 0 saturated carbocycles. The fraction of sp³-hybridized carbons (Fsp3) is 0.333. The summed E-state index contributed by atoms with van der Waals surface area (Å²) < 4.78 is 0. The Labute approximate surface area is 157 Å². The molecule has 1 amide bonds. The predicted octanol–water partition coefficient (Wildman–Crippen LogP) is 2.48. The van der Waals surface area contributed by atoms with Crippen molar-refractivity contribution in [2.24, 2.45) is 0 Å². The van der Waals surface area contributed by atoms with Crippen LogP contribution in [0.2, 0.25) is 0 Å². The number of aryl methyl sites for hydroxylation is 2. The number of carbonyl (C=O) groups is 1. The Morgan fingerprint density at radius 3 is 2.67 bits per heavy atom. The number of anilines is 1. The van der Waals surface area contributed by atoms with Gasteiger partial charge in [-0.3, -0.25) is 4.79 Å². The van der Waals surface area contributed by atoms with Crippen molar-refractivity contribution in [1.29, 1.82) is 0 Å². The smallest absolute Gasteiger partial charge is 0.272 e. The van der Waals surface area contributed by atoms with Gasteiger partial charge in [0, 0.05) is 31.6 Å². The summed E-state index contributed by atoms with van der Waals surface area (Å²) in [4.78, 5) is 21.5. The van der Waals surface area contributed by atoms with Crippen molar-refractivity contribution in [2.45, 2.75) is 19.3 Å². The standard InChI is InChI=1S/C21H21N5O/c27-21(19-9-8-15-4-1-2-6-17(15)22-19)26-12-10-25(11-13-26)20-14-16-5-3-7-18(16)23-24-20/h1-2,4,6,8-9,14H,3,5,7,10-13H2. The highest BCUT2D eigenvalue weighted by Crippen LogP contribution is 2.23. The topological polar surface area (TPSA) is 62.2 Å². The maximum atomic E-state index is 12.9. The van der Waals surface area contributed by atoms with Crippen molar-refractivity contribution in [1.82, 2.24) is 20.1 Å². The molecule has 2 aliphatic rings. The van der Waals surface area contributed by atoms with Crippen LogP contribution in [0.5, 0.6) is 0 Å². The second-order valence-corrected chi connectivity index (χ2v) is 7.20. The highest BCUT2D eigenvalue weighted by atomic mass is 16.2. The van der Waals surface area contributed by atoms with Crippen LogP contribution < -0.4 is 4.90 Å². The van der Waals surface area contributed by atoms with E-state index in [0.29, 0.717) is 18.8 Å². The Morgan fingerprint density at radius 2 is 1.78 bits per heavy atom. The van der Waals surface area contributed by atoms with Gasteiger partial charge in [0.2, 0.25) is 0 Å². The third kappa shape index (κ3) is 3.01. The maximum Gasteiger partial charge on any atom is 0.272 e. The summed E-state index contributed by atoms with van der Waals surface area (Å²) in [6.45, 7) is 2.89. The van der Waals surface area contributed by atoms with Gasteiger partial charge in [0.25, 0.3) is 5.91 Å². The average molecular weight is 359 g/mol. The van der Waals surface area contributed by atoms with Crippen molar-refractivity contribution in [3.8, 4) is 0 Å². The molecule has 27 heavy (non-hydrogen) atoms. The minimum Gasteiger partial charge on any atom is -0.352 e. The van der Waals surface area contributed by atoms with Crippen LogP contribution in [0, 0.1) is 0 Å². The molecule has 3 aromatic rings. The summed E-state index contributed by atoms with van der Waals surface area (Å²) in [6, 6.07) is 13.8. The zero-order valence-electron chi connectivity index (χ0n) is 15.1. The summed E-state index contributed by atoms with van der Waals surface area (Å²) >= 11 is 0. The van der Waals surface area contributed by atoms with E-state index in [1.807, 2.05) is 41.3 Å². The number of fused-ring (bicyclic) bond motifs is 2. The molecule has 6 nitrogen and oxygen atoms in total. The fourth-order valence-corrected chi connectivity index (χ4v) is 3.96. The maximum absolute atomic E-state index is 12.9. The van der Waals surface area contributed by atoms with Crippen molar-refractivity contribution in [2.75, 3.05) is 31.1 Å². The van der Waals surface area contributed by atoms with E-state index >= 15 is 0 Å². The molecule has 136 valence electrons. The number of hydrogen-bond donors (Lipinski definition) is 0. The summed E-state index contributed by atoms with van der Waals surface area (Å²) in [5.74, 6) is 0.937. The van der Waals surface area contributed by atoms with E-state index in [0.717, 1.165) is 48.3 Å². The van der Waals surface area contributed by atoms with E-state index in [9.17, 15) is 4.79 Å². The molecular weight excluding hydrogens is 338 g/mol. The molecule has 1 fully saturated rings. The largest absolute Gasteiger partial charge is 0.352 e. The first-order valence-corrected chi connectivity index (χ1v) is 9.53. The molecule has 0 spiro atoms. The van der Waals surface area contributed by atoms with Gasteiger partial charge in [0.05, 0.1) is 11.2 Å². The Hall–Kier alpha value is -3.02. The van der Waals surface area contributed by atoms with E-state index < -0.39 is 0 Å². The SMILES string of the molecule is O=C(c1ccc2ccccc2n1)N1CCN(c2cc3c(nn2)CCC3)CC1. The zero-order valence-corrected chi connectivity index (χ0v) is 15.1. The van der Waals surface area contributed by atoms with Crippen molar-refractivity contribution >= 4 is 22.6 Å². The Bertz CT molecular complexity index is 1010. The lowest BCUT2D eigenvalue weighted by Gasteiger charge is -2.35. The molecule has 0 radical (unpaired) electrons. The van der Waals surface area contributed by atoms with Gasteiger partial charge in [-0.15, -0.1) is 5.10 Å². The molecule has 0 unspecified atom stereocenters. The number of benzene rings is 1. The molecule has 2 aromatic heterocycles. The first-order valence-electron chi connectivity index (χ1n) is 9.53. The molecule has 0 atom stereocenters. The van der Waals surface area contributed by atoms with Gasteiger partial charge in [0.1, 0.15) is 5.69 Å². The lowest BCUT2D eigenvalue weighted by atomic mass is 10.2. The van der Waals surface area contributed by atoms with E-state index in [2.05, 4.69) is 26.1 Å². The Morgan fingerprint density at radius 1 is 0.926 bits per heavy atom. The van der Waals surface area contributed by atoms with Crippen LogP contribution in [0.1, 0.15) is 28.2 Å². The van der Waals surface area contributed by atoms with Crippen LogP contribution in [0.15, 0.2) is 42.5 Å². The lowest BCUT2D eigenvalue weighted by Crippen LogP contribution is -2.49. The highest BCUT2D eigenvalue weighted by molar-refractivity contribution is 5.95. The zero-order chi connectivity index (χ0) is 18.2. The molecular formula is C21H21N5O. The number of aromatic nitrogens is 3. The second kappa shape index (κ2) is 6.61. The van der Waals surface area contributed by atoms with Crippen molar-refractivity contribution in [3.63, 3.8) is 0 Å². The van der Waals surface area contributed by atoms with Crippen molar-refractivity contribution in [3.05, 3.63) is 59.4 Å². The summed E-state index contributed by atoms with van der Waals surface area (Å²) in [7, 11) is 0. The van der Waals surface area contributed by atoms with Crippen LogP contribution in [0.25, 0.3) is 10.9 Å². The Kier molecular flexibility index (Phi) is 3.96. The molecule has 6 heteroatoms. The van der Waals surface area contributed by atoms with E-state index in [1.165, 1.54) is 12.0 Å². The quantitative estimate of drug-likeness (QED) is 0.703. The van der Waals surface area contributed by atoms with Crippen LogP contribution in [-0.2, 0) is 12.8 Å². The monoisotopic (exact) mass is 359 g/mol. The number of nitrogens with zero attached hydrogens (tertiary/aromatic N) is 5. The predicted molar refractivity (Wildman–Crippen MR) is 104 cm³/mol.